The fraction of sp³-hybridized carbons (Fsp3) is 0.353. The Labute approximate surface area is 147 Å². The van der Waals surface area contributed by atoms with Gasteiger partial charge >= 0.3 is 12.1 Å². The third-order valence-electron chi connectivity index (χ3n) is 4.21. The van der Waals surface area contributed by atoms with E-state index in [-0.39, 0.29) is 29.3 Å². The van der Waals surface area contributed by atoms with Gasteiger partial charge in [-0.15, -0.1) is 0 Å². The zero-order valence-electron chi connectivity index (χ0n) is 13.7. The number of oxazole rings is 1. The Bertz CT molecular complexity index is 856. The molecule has 1 fully saturated rings. The molecule has 2 aromatic rings. The number of likely N-dealkylation sites (tertiary alicyclic amines) is 1. The van der Waals surface area contributed by atoms with E-state index in [0.29, 0.717) is 13.0 Å². The van der Waals surface area contributed by atoms with Crippen molar-refractivity contribution in [2.45, 2.75) is 31.6 Å². The number of rotatable bonds is 3. The van der Waals surface area contributed by atoms with Crippen molar-refractivity contribution in [1.82, 2.24) is 15.2 Å². The average Bonchev–Trinajstić information content (AvgIpc) is 3.21. The molecule has 26 heavy (non-hydrogen) atoms. The summed E-state index contributed by atoms with van der Waals surface area (Å²) in [6, 6.07) is 4.40. The monoisotopic (exact) mass is 364 g/mol. The van der Waals surface area contributed by atoms with Crippen molar-refractivity contribution in [1.29, 1.82) is 5.26 Å². The van der Waals surface area contributed by atoms with Gasteiger partial charge in [-0.2, -0.15) is 18.4 Å². The number of halogens is 3. The summed E-state index contributed by atoms with van der Waals surface area (Å²) in [6.07, 6.45) is -0.596. The van der Waals surface area contributed by atoms with Crippen molar-refractivity contribution in [3.05, 3.63) is 41.9 Å². The lowest BCUT2D eigenvalue weighted by Gasteiger charge is -2.11. The molecule has 1 N–H and O–H groups in total. The van der Waals surface area contributed by atoms with E-state index in [4.69, 9.17) is 9.68 Å². The van der Waals surface area contributed by atoms with Crippen LogP contribution in [0.15, 0.2) is 34.9 Å². The molecule has 1 aromatic carbocycles. The molecule has 1 amide bonds. The van der Waals surface area contributed by atoms with E-state index < -0.39 is 17.6 Å². The lowest BCUT2D eigenvalue weighted by atomic mass is 10.1. The molecule has 2 atom stereocenters. The Morgan fingerprint density at radius 1 is 1.46 bits per heavy atom. The maximum absolute atomic E-state index is 12.8. The normalized spacial score (nSPS) is 20.0. The molecule has 0 spiro atoms. The van der Waals surface area contributed by atoms with Crippen molar-refractivity contribution in [2.75, 3.05) is 6.54 Å². The summed E-state index contributed by atoms with van der Waals surface area (Å²) in [7, 11) is 0. The number of benzene rings is 1. The average molecular weight is 364 g/mol. The van der Waals surface area contributed by atoms with Crippen LogP contribution in [0.3, 0.4) is 0 Å². The number of nitriles is 1. The second-order valence-corrected chi connectivity index (χ2v) is 6.12. The number of hydrogen-bond acceptors (Lipinski definition) is 5. The van der Waals surface area contributed by atoms with Crippen LogP contribution in [0.25, 0.3) is 11.3 Å². The number of nitrogens with one attached hydrogen (secondary N) is 1. The minimum absolute atomic E-state index is 0.0236. The highest BCUT2D eigenvalue weighted by atomic mass is 19.4. The van der Waals surface area contributed by atoms with Crippen molar-refractivity contribution < 1.29 is 22.4 Å². The van der Waals surface area contributed by atoms with Gasteiger partial charge in [0.15, 0.2) is 12.0 Å². The van der Waals surface area contributed by atoms with Gasteiger partial charge in [-0.3, -0.25) is 4.79 Å². The van der Waals surface area contributed by atoms with Gasteiger partial charge in [-0.05, 0) is 25.5 Å². The van der Waals surface area contributed by atoms with Gasteiger partial charge in [0.1, 0.15) is 0 Å². The highest BCUT2D eigenvalue weighted by Gasteiger charge is 2.32. The zero-order valence-corrected chi connectivity index (χ0v) is 13.7. The molecule has 0 bridgehead atoms. The molecule has 1 aromatic heterocycles. The molecule has 136 valence electrons. The number of carbonyl (C=O) groups is 1. The molecule has 1 saturated heterocycles. The van der Waals surface area contributed by atoms with Gasteiger partial charge in [0.2, 0.25) is 0 Å². The first-order chi connectivity index (χ1) is 12.3. The molecule has 9 heteroatoms. The third kappa shape index (κ3) is 3.64. The van der Waals surface area contributed by atoms with Gasteiger partial charge in [0.05, 0.1) is 11.8 Å². The summed E-state index contributed by atoms with van der Waals surface area (Å²) >= 11 is 0. The number of nitrogens with zero attached hydrogens (tertiary/aromatic N) is 3. The first-order valence-electron chi connectivity index (χ1n) is 7.88. The number of carbonyl (C=O) groups excluding carboxylic acids is 1. The van der Waals surface area contributed by atoms with Crippen LogP contribution in [0.5, 0.6) is 0 Å². The highest BCUT2D eigenvalue weighted by molar-refractivity contribution is 5.90. The third-order valence-corrected chi connectivity index (χ3v) is 4.21. The van der Waals surface area contributed by atoms with Crippen LogP contribution in [-0.2, 0) is 6.18 Å². The quantitative estimate of drug-likeness (QED) is 0.847. The molecule has 6 nitrogen and oxygen atoms in total. The molecule has 0 saturated carbocycles. The Kier molecular flexibility index (Phi) is 4.59. The highest BCUT2D eigenvalue weighted by Crippen LogP contribution is 2.32. The van der Waals surface area contributed by atoms with E-state index in [1.54, 1.807) is 4.90 Å². The van der Waals surface area contributed by atoms with Crippen LogP contribution in [0.2, 0.25) is 0 Å². The van der Waals surface area contributed by atoms with Gasteiger partial charge < -0.3 is 14.6 Å². The molecule has 3 rings (SSSR count). The van der Waals surface area contributed by atoms with Crippen LogP contribution in [0, 0.1) is 11.5 Å². The summed E-state index contributed by atoms with van der Waals surface area (Å²) in [5, 5.41) is 11.7. The zero-order chi connectivity index (χ0) is 18.9. The van der Waals surface area contributed by atoms with E-state index in [0.717, 1.165) is 12.1 Å². The van der Waals surface area contributed by atoms with E-state index in [2.05, 4.69) is 16.5 Å². The van der Waals surface area contributed by atoms with Crippen molar-refractivity contribution >= 4 is 5.91 Å². The van der Waals surface area contributed by atoms with Crippen LogP contribution < -0.4 is 5.32 Å². The van der Waals surface area contributed by atoms with E-state index >= 15 is 0 Å². The largest absolute Gasteiger partial charge is 0.432 e. The number of hydrogen-bond donors (Lipinski definition) is 1. The summed E-state index contributed by atoms with van der Waals surface area (Å²) in [6.45, 7) is 2.27. The second kappa shape index (κ2) is 6.71. The van der Waals surface area contributed by atoms with Gasteiger partial charge in [-0.25, -0.2) is 4.98 Å². The summed E-state index contributed by atoms with van der Waals surface area (Å²) in [4.78, 5) is 17.6. The Morgan fingerprint density at radius 3 is 2.88 bits per heavy atom. The fourth-order valence-corrected chi connectivity index (χ4v) is 2.88. The van der Waals surface area contributed by atoms with Crippen LogP contribution in [0.1, 0.15) is 29.6 Å². The van der Waals surface area contributed by atoms with E-state index in [1.807, 2.05) is 6.92 Å². The minimum atomic E-state index is -4.47. The predicted molar refractivity (Wildman–Crippen MR) is 84.6 cm³/mol. The molecule has 0 unspecified atom stereocenters. The minimum Gasteiger partial charge on any atom is -0.432 e. The van der Waals surface area contributed by atoms with Crippen molar-refractivity contribution in [3.63, 3.8) is 0 Å². The van der Waals surface area contributed by atoms with Crippen molar-refractivity contribution in [3.8, 4) is 17.5 Å². The smallest absolute Gasteiger partial charge is 0.416 e. The maximum Gasteiger partial charge on any atom is 0.416 e. The van der Waals surface area contributed by atoms with Gasteiger partial charge in [0, 0.05) is 24.2 Å². The molecule has 1 aliphatic heterocycles. The SMILES string of the molecule is C[C@@H]1C[C@@H](NC(=O)c2ncc(-c3cccc(C(F)(F)F)c3)o2)CN1C#N. The number of amides is 1. The second-order valence-electron chi connectivity index (χ2n) is 6.12. The fourth-order valence-electron chi connectivity index (χ4n) is 2.88. The van der Waals surface area contributed by atoms with Crippen molar-refractivity contribution in [2.24, 2.45) is 0 Å². The lowest BCUT2D eigenvalue weighted by Crippen LogP contribution is -2.36. The molecular weight excluding hydrogens is 349 g/mol. The number of alkyl halides is 3. The van der Waals surface area contributed by atoms with E-state index in [9.17, 15) is 18.0 Å². The Morgan fingerprint density at radius 2 is 2.23 bits per heavy atom. The summed E-state index contributed by atoms with van der Waals surface area (Å²) in [5.74, 6) is -0.736. The molecule has 0 radical (unpaired) electrons. The van der Waals surface area contributed by atoms with E-state index in [1.165, 1.54) is 18.3 Å². The standard InChI is InChI=1S/C17H15F3N4O2/c1-10-5-13(8-24(10)9-21)23-15(25)16-22-7-14(26-16)11-3-2-4-12(6-11)17(18,19)20/h2-4,6-7,10,13H,5,8H2,1H3,(H,23,25)/t10-,13-/m1/s1. The summed E-state index contributed by atoms with van der Waals surface area (Å²) in [5.41, 5.74) is -0.634. The Hall–Kier alpha value is -3.02. The Balaban J connectivity index is 1.72. The van der Waals surface area contributed by atoms with Gasteiger partial charge in [-0.1, -0.05) is 12.1 Å². The lowest BCUT2D eigenvalue weighted by molar-refractivity contribution is -0.137. The predicted octanol–water partition coefficient (Wildman–Crippen LogP) is 3.03. The van der Waals surface area contributed by atoms with Crippen LogP contribution >= 0.6 is 0 Å². The first-order valence-corrected chi connectivity index (χ1v) is 7.88. The molecule has 2 heterocycles. The first kappa shape index (κ1) is 17.8. The van der Waals surface area contributed by atoms with Crippen LogP contribution in [-0.4, -0.2) is 34.4 Å². The van der Waals surface area contributed by atoms with Crippen LogP contribution in [0.4, 0.5) is 13.2 Å². The molecular formula is C17H15F3N4O2. The topological polar surface area (TPSA) is 82.2 Å². The van der Waals surface area contributed by atoms with Gasteiger partial charge in [0.25, 0.3) is 5.89 Å². The number of aromatic nitrogens is 1. The molecule has 1 aliphatic rings. The molecule has 0 aliphatic carbocycles. The summed E-state index contributed by atoms with van der Waals surface area (Å²) < 4.78 is 43.7. The maximum atomic E-state index is 12.8.